The minimum absolute atomic E-state index is 0.0119. The van der Waals surface area contributed by atoms with E-state index in [1.54, 1.807) is 27.7 Å². The van der Waals surface area contributed by atoms with Crippen LogP contribution in [0.25, 0.3) is 0 Å². The molecule has 0 aliphatic carbocycles. The lowest BCUT2D eigenvalue weighted by molar-refractivity contribution is -0.193. The Balaban J connectivity index is 1.83. The van der Waals surface area contributed by atoms with Gasteiger partial charge in [0.15, 0.2) is 5.82 Å². The van der Waals surface area contributed by atoms with Crippen molar-refractivity contribution >= 4 is 17.6 Å². The normalized spacial score (nSPS) is 18.1. The van der Waals surface area contributed by atoms with Crippen molar-refractivity contribution in [3.8, 4) is 6.07 Å². The maximum Gasteiger partial charge on any atom is 0.392 e. The van der Waals surface area contributed by atoms with Crippen LogP contribution in [0, 0.1) is 29.6 Å². The molecule has 206 valence electrons. The number of amides is 1. The van der Waals surface area contributed by atoms with E-state index in [-0.39, 0.29) is 54.6 Å². The molecule has 0 saturated carbocycles. The fourth-order valence-corrected chi connectivity index (χ4v) is 4.90. The number of likely N-dealkylation sites (tertiary alicyclic amines) is 1. The van der Waals surface area contributed by atoms with Gasteiger partial charge in [0.2, 0.25) is 5.91 Å². The number of nitrogens with one attached hydrogen (secondary N) is 1. The smallest absolute Gasteiger partial charge is 0.392 e. The number of rotatable bonds is 5. The Morgan fingerprint density at radius 2 is 1.87 bits per heavy atom. The summed E-state index contributed by atoms with van der Waals surface area (Å²) >= 11 is 0. The Morgan fingerprint density at radius 1 is 1.18 bits per heavy atom. The van der Waals surface area contributed by atoms with Crippen molar-refractivity contribution in [1.29, 1.82) is 5.26 Å². The number of furan rings is 1. The SMILES string of the molecule is Cc1occc1C(=O)n1nc(C2CN(C(=O)C(C)(C)C)CCC2C(F)(F)F)c(C#N)c1NCc1ccccc1. The molecular formula is C28H30F3N5O3. The molecule has 1 aromatic carbocycles. The number of piperidine rings is 1. The molecule has 1 saturated heterocycles. The number of benzene rings is 1. The van der Waals surface area contributed by atoms with Gasteiger partial charge in [-0.1, -0.05) is 51.1 Å². The number of carbonyl (C=O) groups excluding carboxylic acids is 2. The molecule has 0 radical (unpaired) electrons. The van der Waals surface area contributed by atoms with Crippen molar-refractivity contribution in [1.82, 2.24) is 14.7 Å². The molecule has 1 amide bonds. The number of halogens is 3. The summed E-state index contributed by atoms with van der Waals surface area (Å²) < 4.78 is 49.0. The Kier molecular flexibility index (Phi) is 7.59. The third-order valence-corrected chi connectivity index (χ3v) is 6.92. The van der Waals surface area contributed by atoms with E-state index in [4.69, 9.17) is 4.42 Å². The van der Waals surface area contributed by atoms with Crippen LogP contribution in [0.15, 0.2) is 47.1 Å². The van der Waals surface area contributed by atoms with E-state index < -0.39 is 29.3 Å². The molecule has 11 heteroatoms. The number of carbonyl (C=O) groups is 2. The number of hydrogen-bond donors (Lipinski definition) is 1. The minimum Gasteiger partial charge on any atom is -0.469 e. The maximum absolute atomic E-state index is 14.3. The number of hydrogen-bond acceptors (Lipinski definition) is 6. The lowest BCUT2D eigenvalue weighted by atomic mass is 9.80. The monoisotopic (exact) mass is 541 g/mol. The van der Waals surface area contributed by atoms with Crippen LogP contribution in [0.5, 0.6) is 0 Å². The number of nitriles is 1. The van der Waals surface area contributed by atoms with Crippen molar-refractivity contribution in [2.75, 3.05) is 18.4 Å². The quantitative estimate of drug-likeness (QED) is 0.458. The van der Waals surface area contributed by atoms with Crippen molar-refractivity contribution in [3.63, 3.8) is 0 Å². The summed E-state index contributed by atoms with van der Waals surface area (Å²) in [6, 6.07) is 12.6. The van der Waals surface area contributed by atoms with Gasteiger partial charge in [-0.05, 0) is 25.0 Å². The zero-order valence-corrected chi connectivity index (χ0v) is 22.2. The first kappa shape index (κ1) is 28.0. The molecule has 2 unspecified atom stereocenters. The molecular weight excluding hydrogens is 511 g/mol. The summed E-state index contributed by atoms with van der Waals surface area (Å²) in [5, 5.41) is 17.5. The average Bonchev–Trinajstić information content (AvgIpc) is 3.48. The summed E-state index contributed by atoms with van der Waals surface area (Å²) in [4.78, 5) is 27.9. The fourth-order valence-electron chi connectivity index (χ4n) is 4.90. The molecule has 8 nitrogen and oxygen atoms in total. The topological polar surface area (TPSA) is 104 Å². The predicted octanol–water partition coefficient (Wildman–Crippen LogP) is 5.50. The van der Waals surface area contributed by atoms with E-state index in [0.29, 0.717) is 5.76 Å². The van der Waals surface area contributed by atoms with Gasteiger partial charge >= 0.3 is 6.18 Å². The van der Waals surface area contributed by atoms with Gasteiger partial charge < -0.3 is 14.6 Å². The standard InChI is InChI=1S/C28H30F3N5O3/c1-17-19(11-13-39-17)25(37)36-24(33-15-18-8-6-5-7-9-18)20(14-32)23(34-36)21-16-35(26(38)27(2,3)4)12-10-22(21)28(29,30)31/h5-9,11,13,21-22,33H,10,12,15-16H2,1-4H3. The van der Waals surface area contributed by atoms with Crippen LogP contribution in [0.4, 0.5) is 19.0 Å². The first-order valence-electron chi connectivity index (χ1n) is 12.6. The summed E-state index contributed by atoms with van der Waals surface area (Å²) in [5.41, 5.74) is -0.141. The number of nitrogens with zero attached hydrogens (tertiary/aromatic N) is 4. The van der Waals surface area contributed by atoms with Gasteiger partial charge in [0.05, 0.1) is 23.4 Å². The second-order valence-corrected chi connectivity index (χ2v) is 10.7. The van der Waals surface area contributed by atoms with Crippen LogP contribution in [-0.4, -0.2) is 45.8 Å². The van der Waals surface area contributed by atoms with Crippen molar-refractivity contribution in [2.45, 2.75) is 52.8 Å². The zero-order valence-electron chi connectivity index (χ0n) is 22.2. The molecule has 3 aromatic rings. The molecule has 0 spiro atoms. The van der Waals surface area contributed by atoms with E-state index in [1.165, 1.54) is 17.2 Å². The van der Waals surface area contributed by atoms with Crippen LogP contribution >= 0.6 is 0 Å². The number of anilines is 1. The summed E-state index contributed by atoms with van der Waals surface area (Å²) in [6.07, 6.45) is -3.61. The highest BCUT2D eigenvalue weighted by atomic mass is 19.4. The van der Waals surface area contributed by atoms with Gasteiger partial charge in [-0.15, -0.1) is 0 Å². The highest BCUT2D eigenvalue weighted by molar-refractivity contribution is 5.98. The van der Waals surface area contributed by atoms with Crippen molar-refractivity contribution in [3.05, 3.63) is 70.8 Å². The average molecular weight is 542 g/mol. The van der Waals surface area contributed by atoms with Crippen LogP contribution < -0.4 is 5.32 Å². The lowest BCUT2D eigenvalue weighted by Gasteiger charge is -2.40. The lowest BCUT2D eigenvalue weighted by Crippen LogP contribution is -2.50. The molecule has 1 aliphatic rings. The van der Waals surface area contributed by atoms with Gasteiger partial charge in [0, 0.05) is 31.0 Å². The molecule has 1 aliphatic heterocycles. The predicted molar refractivity (Wildman–Crippen MR) is 137 cm³/mol. The van der Waals surface area contributed by atoms with E-state index >= 15 is 0 Å². The summed E-state index contributed by atoms with van der Waals surface area (Å²) in [6.45, 7) is 6.54. The van der Waals surface area contributed by atoms with Gasteiger partial charge in [0.1, 0.15) is 17.4 Å². The zero-order chi connectivity index (χ0) is 28.5. The van der Waals surface area contributed by atoms with Gasteiger partial charge in [-0.25, -0.2) is 0 Å². The highest BCUT2D eigenvalue weighted by Gasteiger charge is 2.50. The second kappa shape index (κ2) is 10.6. The van der Waals surface area contributed by atoms with E-state index in [9.17, 15) is 28.0 Å². The molecule has 4 rings (SSSR count). The Labute approximate surface area is 224 Å². The van der Waals surface area contributed by atoms with E-state index in [2.05, 4.69) is 10.4 Å². The molecule has 39 heavy (non-hydrogen) atoms. The molecule has 3 heterocycles. The minimum atomic E-state index is -4.60. The van der Waals surface area contributed by atoms with Crippen molar-refractivity contribution in [2.24, 2.45) is 11.3 Å². The van der Waals surface area contributed by atoms with Crippen molar-refractivity contribution < 1.29 is 27.2 Å². The van der Waals surface area contributed by atoms with Crippen LogP contribution in [0.1, 0.15) is 66.0 Å². The Morgan fingerprint density at radius 3 is 2.44 bits per heavy atom. The molecule has 2 aromatic heterocycles. The third-order valence-electron chi connectivity index (χ3n) is 6.92. The van der Waals surface area contributed by atoms with Crippen LogP contribution in [0.3, 0.4) is 0 Å². The maximum atomic E-state index is 14.3. The van der Waals surface area contributed by atoms with E-state index in [0.717, 1.165) is 10.2 Å². The number of aromatic nitrogens is 2. The Bertz CT molecular complexity index is 1400. The van der Waals surface area contributed by atoms with E-state index in [1.807, 2.05) is 36.4 Å². The highest BCUT2D eigenvalue weighted by Crippen LogP contribution is 2.45. The Hall–Kier alpha value is -4.07. The van der Waals surface area contributed by atoms with Gasteiger partial charge in [0.25, 0.3) is 5.91 Å². The van der Waals surface area contributed by atoms with Crippen LogP contribution in [-0.2, 0) is 11.3 Å². The number of aryl methyl sites for hydroxylation is 1. The second-order valence-electron chi connectivity index (χ2n) is 10.7. The summed E-state index contributed by atoms with van der Waals surface area (Å²) in [7, 11) is 0. The molecule has 2 atom stereocenters. The fraction of sp³-hybridized carbons (Fsp3) is 0.429. The first-order chi connectivity index (χ1) is 18.3. The van der Waals surface area contributed by atoms with Gasteiger partial charge in [-0.2, -0.15) is 28.2 Å². The largest absolute Gasteiger partial charge is 0.469 e. The summed E-state index contributed by atoms with van der Waals surface area (Å²) in [5.74, 6) is -3.83. The van der Waals surface area contributed by atoms with Gasteiger partial charge in [-0.3, -0.25) is 9.59 Å². The molecule has 0 bridgehead atoms. The molecule has 1 N–H and O–H groups in total. The van der Waals surface area contributed by atoms with Crippen LogP contribution in [0.2, 0.25) is 0 Å². The molecule has 1 fully saturated rings. The third kappa shape index (κ3) is 5.70. The number of alkyl halides is 3. The first-order valence-corrected chi connectivity index (χ1v) is 12.6.